The number of carbonyl (C=O) groups excluding carboxylic acids is 1. The quantitative estimate of drug-likeness (QED) is 0.0667. The molecule has 0 aromatic rings. The van der Waals surface area contributed by atoms with Crippen LogP contribution in [0.3, 0.4) is 0 Å². The summed E-state index contributed by atoms with van der Waals surface area (Å²) in [6, 6.07) is 0. The molecule has 0 saturated heterocycles. The Kier molecular flexibility index (Phi) is 18.2. The average molecular weight is 709 g/mol. The molecular weight excluding hydrogens is 636 g/mol. The molecule has 0 aliphatic heterocycles. The second-order valence-electron chi connectivity index (χ2n) is 16.2. The zero-order valence-corrected chi connectivity index (χ0v) is 36.6. The first-order chi connectivity index (χ1) is 20.2. The first-order valence-electron chi connectivity index (χ1n) is 17.3. The van der Waals surface area contributed by atoms with Crippen molar-refractivity contribution in [2.24, 2.45) is 5.92 Å². The molecule has 0 rings (SSSR count). The third kappa shape index (κ3) is 12.8. The minimum Gasteiger partial charge on any atom is -0.414 e. The van der Waals surface area contributed by atoms with Crippen molar-refractivity contribution in [2.75, 3.05) is 19.8 Å². The molecule has 11 heteroatoms. The van der Waals surface area contributed by atoms with Crippen LogP contribution in [0, 0.1) is 5.92 Å². The predicted molar refractivity (Wildman–Crippen MR) is 200 cm³/mol. The summed E-state index contributed by atoms with van der Waals surface area (Å²) in [7, 11) is -9.97. The lowest BCUT2D eigenvalue weighted by molar-refractivity contribution is -0.125. The molecule has 45 heavy (non-hydrogen) atoms. The Morgan fingerprint density at radius 3 is 1.60 bits per heavy atom. The van der Waals surface area contributed by atoms with Gasteiger partial charge < -0.3 is 22.3 Å². The van der Waals surface area contributed by atoms with E-state index in [9.17, 15) is 9.36 Å². The van der Waals surface area contributed by atoms with Crippen LogP contribution in [0.25, 0.3) is 0 Å². The molecule has 0 bridgehead atoms. The van der Waals surface area contributed by atoms with Gasteiger partial charge in [-0.3, -0.25) is 9.36 Å². The zero-order valence-electron chi connectivity index (χ0n) is 32.8. The Bertz CT molecular complexity index is 951. The van der Waals surface area contributed by atoms with Crippen LogP contribution in [0.15, 0.2) is 11.6 Å². The Hall–Kier alpha value is 0.0906. The fourth-order valence-corrected chi connectivity index (χ4v) is 15.6. The Balaban J connectivity index is 6.91. The molecular formula is C34H73O7PSi3. The van der Waals surface area contributed by atoms with Crippen LogP contribution in [-0.4, -0.2) is 68.4 Å². The number of hydrogen-bond acceptors (Lipinski definition) is 7. The molecule has 7 nitrogen and oxygen atoms in total. The molecule has 0 radical (unpaired) electrons. The summed E-state index contributed by atoms with van der Waals surface area (Å²) in [6.45, 7) is 41.7. The Morgan fingerprint density at radius 2 is 1.24 bits per heavy atom. The van der Waals surface area contributed by atoms with Gasteiger partial charge in [-0.2, -0.15) is 0 Å². The summed E-state index contributed by atoms with van der Waals surface area (Å²) in [5, 5.41) is 0.116. The molecule has 0 aliphatic rings. The van der Waals surface area contributed by atoms with Gasteiger partial charge >= 0.3 is 7.60 Å². The molecule has 1 unspecified atom stereocenters. The highest BCUT2D eigenvalue weighted by Gasteiger charge is 2.48. The van der Waals surface area contributed by atoms with Crippen LogP contribution in [0.1, 0.15) is 103 Å². The van der Waals surface area contributed by atoms with E-state index in [1.54, 1.807) is 20.8 Å². The molecule has 0 spiro atoms. The van der Waals surface area contributed by atoms with Gasteiger partial charge in [-0.05, 0) is 87.7 Å². The summed E-state index contributed by atoms with van der Waals surface area (Å²) >= 11 is 0. The lowest BCUT2D eigenvalue weighted by atomic mass is 9.92. The van der Waals surface area contributed by atoms with E-state index >= 15 is 0 Å². The third-order valence-electron chi connectivity index (χ3n) is 9.68. The fourth-order valence-electron chi connectivity index (χ4n) is 6.07. The number of hydrogen-bond donors (Lipinski definition) is 0. The largest absolute Gasteiger partial charge is 0.414 e. The highest BCUT2D eigenvalue weighted by atomic mass is 31.2. The molecule has 268 valence electrons. The highest BCUT2D eigenvalue weighted by Crippen LogP contribution is 2.54. The van der Waals surface area contributed by atoms with E-state index in [0.717, 1.165) is 5.57 Å². The molecule has 0 N–H and O–H groups in total. The topological polar surface area (TPSA) is 80.3 Å². The zero-order chi connectivity index (χ0) is 35.8. The van der Waals surface area contributed by atoms with Crippen LogP contribution >= 0.6 is 7.60 Å². The first-order valence-corrected chi connectivity index (χ1v) is 27.4. The van der Waals surface area contributed by atoms with Gasteiger partial charge in [0.2, 0.25) is 8.32 Å². The maximum atomic E-state index is 14.0. The number of Topliss-reactive ketones (excluding diaryl/α,β-unsaturated/α-hetero) is 1. The van der Waals surface area contributed by atoms with Gasteiger partial charge in [0.1, 0.15) is 5.66 Å². The smallest absolute Gasteiger partial charge is 0.340 e. The predicted octanol–water partition coefficient (Wildman–Crippen LogP) is 11.0. The maximum Gasteiger partial charge on any atom is 0.340 e. The Morgan fingerprint density at radius 1 is 0.800 bits per heavy atom. The van der Waals surface area contributed by atoms with Crippen LogP contribution in [0.4, 0.5) is 0 Å². The monoisotopic (exact) mass is 708 g/mol. The maximum absolute atomic E-state index is 14.0. The molecule has 0 amide bonds. The van der Waals surface area contributed by atoms with Crippen molar-refractivity contribution < 1.29 is 31.7 Å². The normalized spacial score (nSPS) is 17.2. The minimum atomic E-state index is -3.62. The van der Waals surface area contributed by atoms with Crippen molar-refractivity contribution in [3.63, 3.8) is 0 Å². The summed E-state index contributed by atoms with van der Waals surface area (Å²) in [5.74, 6) is -0.693. The molecule has 0 fully saturated rings. The van der Waals surface area contributed by atoms with E-state index in [0.29, 0.717) is 29.7 Å². The number of carbonyl (C=O) groups is 1. The van der Waals surface area contributed by atoms with Gasteiger partial charge in [0, 0.05) is 12.3 Å². The minimum absolute atomic E-state index is 0.116. The van der Waals surface area contributed by atoms with Gasteiger partial charge in [-0.25, -0.2) is 0 Å². The molecule has 0 heterocycles. The van der Waals surface area contributed by atoms with Crippen molar-refractivity contribution in [1.82, 2.24) is 0 Å². The molecule has 0 saturated carbocycles. The van der Waals surface area contributed by atoms with Crippen molar-refractivity contribution in [3.05, 3.63) is 11.6 Å². The fraction of sp³-hybridized carbons (Fsp3) is 0.912. The van der Waals surface area contributed by atoms with Crippen molar-refractivity contribution in [3.8, 4) is 0 Å². The van der Waals surface area contributed by atoms with Gasteiger partial charge in [0.25, 0.3) is 0 Å². The van der Waals surface area contributed by atoms with E-state index in [2.05, 4.69) is 108 Å². The molecule has 4 atom stereocenters. The SMILES string of the molecule is CCOP(=O)(OCC)C(C)C(=O)[C@@H](C)[C@H](C[C@H](O[Si](C(C)C)(C(C)C)C(C)C)/C(C)=C/CO[Si](C)(C)C(C)(C)C)O[Si](C)(C)C. The first kappa shape index (κ1) is 45.1. The van der Waals surface area contributed by atoms with Gasteiger partial charge in [-0.1, -0.05) is 75.3 Å². The summed E-state index contributed by atoms with van der Waals surface area (Å²) < 4.78 is 45.6. The van der Waals surface area contributed by atoms with E-state index in [4.69, 9.17) is 22.3 Å². The van der Waals surface area contributed by atoms with Crippen molar-refractivity contribution in [2.45, 2.75) is 176 Å². The second-order valence-corrected chi connectivity index (χ2v) is 33.2. The van der Waals surface area contributed by atoms with Crippen LogP contribution in [0.2, 0.25) is 54.4 Å². The van der Waals surface area contributed by atoms with Crippen LogP contribution in [0.5, 0.6) is 0 Å². The second kappa shape index (κ2) is 18.2. The average Bonchev–Trinajstić information content (AvgIpc) is 2.87. The van der Waals surface area contributed by atoms with Crippen molar-refractivity contribution >= 4 is 38.3 Å². The highest BCUT2D eigenvalue weighted by molar-refractivity contribution is 7.55. The summed E-state index contributed by atoms with van der Waals surface area (Å²) in [4.78, 5) is 14.0. The lowest BCUT2D eigenvalue weighted by Gasteiger charge is -2.46. The molecule has 0 aliphatic carbocycles. The van der Waals surface area contributed by atoms with E-state index in [1.165, 1.54) is 0 Å². The van der Waals surface area contributed by atoms with Crippen LogP contribution in [-0.2, 0) is 31.7 Å². The molecule has 0 aromatic heterocycles. The van der Waals surface area contributed by atoms with E-state index < -0.39 is 50.2 Å². The van der Waals surface area contributed by atoms with E-state index in [-0.39, 0.29) is 30.1 Å². The number of ketones is 1. The standard InChI is InChI=1S/C34H73O7PSi3/c1-20-37-42(36,38-21-2)30(11)33(35)29(10)32(40-43(15,16)17)24-31(41-45(25(3)4,26(5)6)27(7)8)28(9)22-23-39-44(18,19)34(12,13)14/h22,25-27,29-32H,20-21,23-24H2,1-19H3/b28-22+/t29-,30?,31-,32-/m0/s1. The van der Waals surface area contributed by atoms with Gasteiger partial charge in [-0.15, -0.1) is 0 Å². The van der Waals surface area contributed by atoms with Gasteiger partial charge in [0.15, 0.2) is 22.4 Å². The van der Waals surface area contributed by atoms with E-state index in [1.807, 2.05) is 6.92 Å². The van der Waals surface area contributed by atoms with Crippen molar-refractivity contribution in [1.29, 1.82) is 0 Å². The van der Waals surface area contributed by atoms with Gasteiger partial charge in [0.05, 0.1) is 32.0 Å². The number of rotatable bonds is 21. The summed E-state index contributed by atoms with van der Waals surface area (Å²) in [5.41, 5.74) is 1.41. The third-order valence-corrected chi connectivity index (χ3v) is 23.7. The Labute approximate surface area is 282 Å². The molecule has 0 aromatic carbocycles. The summed E-state index contributed by atoms with van der Waals surface area (Å²) in [6.07, 6.45) is 2.05. The van der Waals surface area contributed by atoms with Crippen LogP contribution < -0.4 is 0 Å². The lowest BCUT2D eigenvalue weighted by Crippen LogP contribution is -2.52.